The lowest BCUT2D eigenvalue weighted by atomic mass is 10.1. The molecule has 2 aromatic rings. The monoisotopic (exact) mass is 272 g/mol. The van der Waals surface area contributed by atoms with Crippen LogP contribution >= 0.6 is 11.6 Å². The summed E-state index contributed by atoms with van der Waals surface area (Å²) < 4.78 is 0. The van der Waals surface area contributed by atoms with Crippen molar-refractivity contribution in [3.05, 3.63) is 64.2 Å². The Hall–Kier alpha value is -1.51. The van der Waals surface area contributed by atoms with E-state index in [1.54, 1.807) is 0 Å². The number of hydrogen-bond donors (Lipinski definition) is 1. The summed E-state index contributed by atoms with van der Waals surface area (Å²) in [6, 6.07) is 14.6. The summed E-state index contributed by atoms with van der Waals surface area (Å²) in [6.45, 7) is 4.10. The number of anilines is 1. The maximum Gasteiger partial charge on any atom is 0.0453 e. The molecule has 1 aliphatic rings. The molecule has 1 heterocycles. The first-order valence-electron chi connectivity index (χ1n) is 6.51. The molecule has 0 aliphatic carbocycles. The van der Waals surface area contributed by atoms with Crippen LogP contribution in [0.4, 0.5) is 5.69 Å². The van der Waals surface area contributed by atoms with Gasteiger partial charge in [0.25, 0.3) is 0 Å². The highest BCUT2D eigenvalue weighted by Crippen LogP contribution is 2.34. The van der Waals surface area contributed by atoms with Crippen LogP contribution in [0.1, 0.15) is 29.7 Å². The second kappa shape index (κ2) is 4.87. The average molecular weight is 273 g/mol. The van der Waals surface area contributed by atoms with Crippen LogP contribution in [0.3, 0.4) is 0 Å². The van der Waals surface area contributed by atoms with Gasteiger partial charge < -0.3 is 5.73 Å². The Kier molecular flexibility index (Phi) is 3.21. The molecule has 0 bridgehead atoms. The van der Waals surface area contributed by atoms with Crippen LogP contribution in [0, 0.1) is 0 Å². The molecule has 0 aromatic heterocycles. The van der Waals surface area contributed by atoms with Crippen molar-refractivity contribution in [1.82, 2.24) is 4.90 Å². The molecule has 3 rings (SSSR count). The van der Waals surface area contributed by atoms with E-state index in [4.69, 9.17) is 17.3 Å². The Morgan fingerprint density at radius 2 is 1.84 bits per heavy atom. The minimum atomic E-state index is 0.308. The molecule has 2 aromatic carbocycles. The Labute approximate surface area is 118 Å². The van der Waals surface area contributed by atoms with E-state index in [2.05, 4.69) is 30.0 Å². The SMILES string of the molecule is CC(c1ccccc1Cl)N1Cc2ccc(N)cc2C1. The van der Waals surface area contributed by atoms with Gasteiger partial charge in [-0.25, -0.2) is 0 Å². The van der Waals surface area contributed by atoms with Crippen molar-refractivity contribution in [2.24, 2.45) is 0 Å². The van der Waals surface area contributed by atoms with Crippen LogP contribution in [-0.2, 0) is 13.1 Å². The van der Waals surface area contributed by atoms with Crippen LogP contribution < -0.4 is 5.73 Å². The molecule has 19 heavy (non-hydrogen) atoms. The Morgan fingerprint density at radius 3 is 2.63 bits per heavy atom. The predicted octanol–water partition coefficient (Wildman–Crippen LogP) is 4.00. The van der Waals surface area contributed by atoms with Gasteiger partial charge in [0.2, 0.25) is 0 Å². The molecule has 3 heteroatoms. The van der Waals surface area contributed by atoms with Crippen LogP contribution in [0.5, 0.6) is 0 Å². The molecule has 0 spiro atoms. The molecule has 0 fully saturated rings. The van der Waals surface area contributed by atoms with Gasteiger partial charge in [0.15, 0.2) is 0 Å². The average Bonchev–Trinajstić information content (AvgIpc) is 2.81. The summed E-state index contributed by atoms with van der Waals surface area (Å²) in [5.41, 5.74) is 10.6. The van der Waals surface area contributed by atoms with Gasteiger partial charge >= 0.3 is 0 Å². The van der Waals surface area contributed by atoms with Gasteiger partial charge in [0.05, 0.1) is 0 Å². The molecule has 0 saturated carbocycles. The summed E-state index contributed by atoms with van der Waals surface area (Å²) in [5.74, 6) is 0. The van der Waals surface area contributed by atoms with Crippen molar-refractivity contribution >= 4 is 17.3 Å². The minimum Gasteiger partial charge on any atom is -0.399 e. The van der Waals surface area contributed by atoms with Crippen molar-refractivity contribution in [3.8, 4) is 0 Å². The van der Waals surface area contributed by atoms with Crippen LogP contribution in [-0.4, -0.2) is 4.90 Å². The number of fused-ring (bicyclic) bond motifs is 1. The second-order valence-corrected chi connectivity index (χ2v) is 5.54. The van der Waals surface area contributed by atoms with Gasteiger partial charge in [-0.2, -0.15) is 0 Å². The zero-order valence-corrected chi connectivity index (χ0v) is 11.7. The van der Waals surface area contributed by atoms with Crippen LogP contribution in [0.2, 0.25) is 5.02 Å². The fourth-order valence-corrected chi connectivity index (χ4v) is 3.02. The van der Waals surface area contributed by atoms with Gasteiger partial charge in [-0.15, -0.1) is 0 Å². The summed E-state index contributed by atoms with van der Waals surface area (Å²) in [6.07, 6.45) is 0. The Bertz CT molecular complexity index is 609. The van der Waals surface area contributed by atoms with E-state index in [1.807, 2.05) is 24.3 Å². The topological polar surface area (TPSA) is 29.3 Å². The zero-order valence-electron chi connectivity index (χ0n) is 10.9. The summed E-state index contributed by atoms with van der Waals surface area (Å²) in [4.78, 5) is 2.42. The first-order chi connectivity index (χ1) is 9.15. The molecule has 1 unspecified atom stereocenters. The maximum atomic E-state index is 6.29. The standard InChI is InChI=1S/C16H17ClN2/c1-11(15-4-2-3-5-16(15)17)19-9-12-6-7-14(18)8-13(12)10-19/h2-8,11H,9-10,18H2,1H3. The first kappa shape index (κ1) is 12.5. The smallest absolute Gasteiger partial charge is 0.0453 e. The second-order valence-electron chi connectivity index (χ2n) is 5.13. The van der Waals surface area contributed by atoms with E-state index in [0.717, 1.165) is 23.8 Å². The van der Waals surface area contributed by atoms with Crippen molar-refractivity contribution in [1.29, 1.82) is 0 Å². The molecule has 1 atom stereocenters. The van der Waals surface area contributed by atoms with Crippen LogP contribution in [0.25, 0.3) is 0 Å². The molecule has 0 radical (unpaired) electrons. The van der Waals surface area contributed by atoms with E-state index in [-0.39, 0.29) is 0 Å². The van der Waals surface area contributed by atoms with E-state index in [1.165, 1.54) is 16.7 Å². The summed E-state index contributed by atoms with van der Waals surface area (Å²) in [7, 11) is 0. The highest BCUT2D eigenvalue weighted by atomic mass is 35.5. The molecular weight excluding hydrogens is 256 g/mol. The van der Waals surface area contributed by atoms with Gasteiger partial charge in [-0.1, -0.05) is 35.9 Å². The van der Waals surface area contributed by atoms with Crippen molar-refractivity contribution < 1.29 is 0 Å². The number of nitrogens with zero attached hydrogens (tertiary/aromatic N) is 1. The minimum absolute atomic E-state index is 0.308. The first-order valence-corrected chi connectivity index (χ1v) is 6.88. The van der Waals surface area contributed by atoms with Crippen molar-refractivity contribution in [2.45, 2.75) is 26.1 Å². The Morgan fingerprint density at radius 1 is 1.11 bits per heavy atom. The fourth-order valence-electron chi connectivity index (χ4n) is 2.73. The number of rotatable bonds is 2. The van der Waals surface area contributed by atoms with Gasteiger partial charge in [0.1, 0.15) is 0 Å². The molecule has 2 N–H and O–H groups in total. The van der Waals surface area contributed by atoms with Crippen molar-refractivity contribution in [3.63, 3.8) is 0 Å². The lowest BCUT2D eigenvalue weighted by molar-refractivity contribution is 0.215. The number of nitrogens with two attached hydrogens (primary N) is 1. The third-order valence-electron chi connectivity index (χ3n) is 3.88. The zero-order chi connectivity index (χ0) is 13.4. The normalized spacial score (nSPS) is 16.3. The lowest BCUT2D eigenvalue weighted by Gasteiger charge is -2.25. The molecule has 0 saturated heterocycles. The molecule has 98 valence electrons. The van der Waals surface area contributed by atoms with Gasteiger partial charge in [-0.3, -0.25) is 4.90 Å². The van der Waals surface area contributed by atoms with Crippen LogP contribution in [0.15, 0.2) is 42.5 Å². The van der Waals surface area contributed by atoms with Gasteiger partial charge in [-0.05, 0) is 41.8 Å². The highest BCUT2D eigenvalue weighted by molar-refractivity contribution is 6.31. The maximum absolute atomic E-state index is 6.29. The highest BCUT2D eigenvalue weighted by Gasteiger charge is 2.25. The molecule has 1 aliphatic heterocycles. The van der Waals surface area contributed by atoms with E-state index < -0.39 is 0 Å². The third kappa shape index (κ3) is 2.34. The third-order valence-corrected chi connectivity index (χ3v) is 4.22. The Balaban J connectivity index is 1.85. The predicted molar refractivity (Wildman–Crippen MR) is 80.0 cm³/mol. The fraction of sp³-hybridized carbons (Fsp3) is 0.250. The van der Waals surface area contributed by atoms with Gasteiger partial charge in [0, 0.05) is 29.8 Å². The lowest BCUT2D eigenvalue weighted by Crippen LogP contribution is -2.21. The largest absolute Gasteiger partial charge is 0.399 e. The number of hydrogen-bond acceptors (Lipinski definition) is 2. The van der Waals surface area contributed by atoms with E-state index >= 15 is 0 Å². The van der Waals surface area contributed by atoms with E-state index in [9.17, 15) is 0 Å². The van der Waals surface area contributed by atoms with Crippen molar-refractivity contribution in [2.75, 3.05) is 5.73 Å². The molecular formula is C16H17ClN2. The summed E-state index contributed by atoms with van der Waals surface area (Å²) in [5, 5.41) is 0.838. The molecule has 0 amide bonds. The van der Waals surface area contributed by atoms with E-state index in [0.29, 0.717) is 6.04 Å². The molecule has 2 nitrogen and oxygen atoms in total. The number of halogens is 1. The number of benzene rings is 2. The quantitative estimate of drug-likeness (QED) is 0.838. The number of nitrogen functional groups attached to an aromatic ring is 1. The summed E-state index contributed by atoms with van der Waals surface area (Å²) >= 11 is 6.29.